The first kappa shape index (κ1) is 34.0. The van der Waals surface area contributed by atoms with Crippen molar-refractivity contribution >= 4 is 36.9 Å². The Kier molecular flexibility index (Phi) is 8.84. The molecule has 4 aromatic rings. The number of hydrogen-bond donors (Lipinski definition) is 4. The monoisotopic (exact) mass is 710 g/mol. The van der Waals surface area contributed by atoms with Gasteiger partial charge in [-0.1, -0.05) is 48.5 Å². The molecular formula is C32H35N6O11P. The number of carbonyl (C=O) groups is 2. The average molecular weight is 711 g/mol. The van der Waals surface area contributed by atoms with Crippen LogP contribution in [0.3, 0.4) is 0 Å². The van der Waals surface area contributed by atoms with E-state index in [0.29, 0.717) is 11.2 Å². The molecule has 7 rings (SSSR count). The van der Waals surface area contributed by atoms with Crippen molar-refractivity contribution in [1.29, 1.82) is 0 Å². The molecule has 2 aromatic heterocycles. The summed E-state index contributed by atoms with van der Waals surface area (Å²) in [6.07, 6.45) is -3.02. The number of nitrogens with two attached hydrogens (primary N) is 1. The molecule has 0 radical (unpaired) electrons. The predicted octanol–water partition coefficient (Wildman–Crippen LogP) is 3.34. The minimum Gasteiger partial charge on any atom is -0.480 e. The van der Waals surface area contributed by atoms with Crippen molar-refractivity contribution in [2.45, 2.75) is 69.2 Å². The number of alkyl carbamates (subject to hydrolysis) is 1. The topological polar surface area (TPSA) is 229 Å². The second-order valence-electron chi connectivity index (χ2n) is 12.6. The minimum atomic E-state index is -4.93. The molecule has 1 aliphatic carbocycles. The van der Waals surface area contributed by atoms with Crippen LogP contribution < -0.4 is 11.1 Å². The van der Waals surface area contributed by atoms with E-state index in [-0.39, 0.29) is 18.3 Å². The Balaban J connectivity index is 0.976. The number of hydrogen-bond acceptors (Lipinski definition) is 13. The van der Waals surface area contributed by atoms with Gasteiger partial charge in [-0.05, 0) is 43.0 Å². The van der Waals surface area contributed by atoms with Gasteiger partial charge in [-0.25, -0.2) is 29.1 Å². The summed E-state index contributed by atoms with van der Waals surface area (Å²) < 4.78 is 48.9. The lowest BCUT2D eigenvalue weighted by molar-refractivity contribution is -0.199. The molecule has 4 heterocycles. The van der Waals surface area contributed by atoms with Crippen LogP contribution in [0.2, 0.25) is 0 Å². The molecule has 2 saturated heterocycles. The predicted molar refractivity (Wildman–Crippen MR) is 173 cm³/mol. The van der Waals surface area contributed by atoms with Gasteiger partial charge in [-0.15, -0.1) is 0 Å². The number of imidazole rings is 1. The number of nitrogen functional groups attached to an aromatic ring is 1. The molecule has 18 heteroatoms. The van der Waals surface area contributed by atoms with Gasteiger partial charge in [0.05, 0.1) is 19.0 Å². The van der Waals surface area contributed by atoms with Gasteiger partial charge < -0.3 is 40.0 Å². The Bertz CT molecular complexity index is 1950. The average Bonchev–Trinajstić information content (AvgIpc) is 3.81. The fourth-order valence-electron chi connectivity index (χ4n) is 6.69. The van der Waals surface area contributed by atoms with Gasteiger partial charge in [0.2, 0.25) is 0 Å². The largest absolute Gasteiger partial charge is 0.480 e. The van der Waals surface area contributed by atoms with Crippen LogP contribution in [-0.2, 0) is 37.4 Å². The van der Waals surface area contributed by atoms with Crippen molar-refractivity contribution in [3.63, 3.8) is 0 Å². The first-order valence-corrected chi connectivity index (χ1v) is 17.3. The van der Waals surface area contributed by atoms with E-state index in [1.54, 1.807) is 18.4 Å². The maximum Gasteiger partial charge on any atom is 0.472 e. The molecule has 0 spiro atoms. The van der Waals surface area contributed by atoms with Gasteiger partial charge in [0.25, 0.3) is 0 Å². The highest BCUT2D eigenvalue weighted by molar-refractivity contribution is 7.47. The lowest BCUT2D eigenvalue weighted by atomic mass is 9.98. The first-order valence-electron chi connectivity index (χ1n) is 15.8. The summed E-state index contributed by atoms with van der Waals surface area (Å²) in [7, 11) is -4.93. The zero-order valence-corrected chi connectivity index (χ0v) is 28.0. The van der Waals surface area contributed by atoms with Crippen LogP contribution in [0.1, 0.15) is 44.0 Å². The number of amides is 1. The second kappa shape index (κ2) is 13.0. The molecular weight excluding hydrogens is 675 g/mol. The van der Waals surface area contributed by atoms with Crippen LogP contribution in [0.15, 0.2) is 61.2 Å². The molecule has 5 N–H and O–H groups in total. The van der Waals surface area contributed by atoms with Gasteiger partial charge in [-0.3, -0.25) is 13.6 Å². The summed E-state index contributed by atoms with van der Waals surface area (Å²) in [6, 6.07) is 13.8. The molecule has 1 unspecified atom stereocenters. The normalized spacial score (nSPS) is 24.6. The number of fused-ring (bicyclic) bond motifs is 5. The lowest BCUT2D eigenvalue weighted by Gasteiger charge is -2.26. The van der Waals surface area contributed by atoms with Crippen LogP contribution >= 0.6 is 7.82 Å². The van der Waals surface area contributed by atoms with Gasteiger partial charge in [-0.2, -0.15) is 0 Å². The third-order valence-electron chi connectivity index (χ3n) is 8.84. The van der Waals surface area contributed by atoms with Crippen LogP contribution in [0.25, 0.3) is 22.3 Å². The quantitative estimate of drug-likeness (QED) is 0.164. The molecule has 3 aliphatic rings. The van der Waals surface area contributed by atoms with Crippen molar-refractivity contribution in [2.24, 2.45) is 0 Å². The van der Waals surface area contributed by atoms with Crippen molar-refractivity contribution in [1.82, 2.24) is 24.8 Å². The number of nitrogens with one attached hydrogen (secondary N) is 1. The lowest BCUT2D eigenvalue weighted by Crippen LogP contribution is -2.48. The number of nitrogens with zero attached hydrogens (tertiary/aromatic N) is 4. The van der Waals surface area contributed by atoms with E-state index in [2.05, 4.69) is 20.3 Å². The molecule has 2 aliphatic heterocycles. The fourth-order valence-corrected chi connectivity index (χ4v) is 7.63. The van der Waals surface area contributed by atoms with Crippen molar-refractivity contribution in [3.8, 4) is 11.1 Å². The van der Waals surface area contributed by atoms with E-state index in [4.69, 9.17) is 33.7 Å². The third kappa shape index (κ3) is 6.44. The molecule has 2 aromatic carbocycles. The van der Waals surface area contributed by atoms with Gasteiger partial charge in [0, 0.05) is 5.92 Å². The van der Waals surface area contributed by atoms with Crippen molar-refractivity contribution in [3.05, 3.63) is 72.3 Å². The second-order valence-corrected chi connectivity index (χ2v) is 14.0. The Morgan fingerprint density at radius 3 is 2.38 bits per heavy atom. The zero-order valence-electron chi connectivity index (χ0n) is 27.1. The number of ether oxygens (including phenoxy) is 4. The molecule has 264 valence electrons. The number of rotatable bonds is 11. The molecule has 1 amide bonds. The number of carbonyl (C=O) groups excluding carboxylic acids is 1. The van der Waals surface area contributed by atoms with Crippen LogP contribution in [-0.4, -0.2) is 91.0 Å². The van der Waals surface area contributed by atoms with E-state index < -0.39 is 69.0 Å². The molecule has 0 bridgehead atoms. The van der Waals surface area contributed by atoms with Crippen molar-refractivity contribution in [2.75, 3.05) is 18.9 Å². The number of carboxylic acid groups (broad SMARTS) is 1. The van der Waals surface area contributed by atoms with E-state index in [9.17, 15) is 24.2 Å². The first-order chi connectivity index (χ1) is 23.8. The summed E-state index contributed by atoms with van der Waals surface area (Å²) in [5.74, 6) is -2.63. The van der Waals surface area contributed by atoms with E-state index in [1.165, 1.54) is 19.6 Å². The summed E-state index contributed by atoms with van der Waals surface area (Å²) in [4.78, 5) is 48.0. The standard InChI is InChI=1S/C32H35N6O11P/c1-16(23(30(39)40)37-31(41)44-12-21-19-10-6-4-8-17(19)18-9-5-7-11-20(18)21)49-50(42,43)45-13-22-25-26(48-32(2,3)47-25)29(46-22)38-15-36-24-27(33)34-14-35-28(24)38/h4-11,14-16,21-23,25-26,29H,12-13H2,1-3H3,(H,37,41)(H,39,40)(H,42,43)(H2,33,34,35)/t16-,22-,23+,25-,26-,29-/m1/s1. The number of aromatic nitrogens is 4. The Labute approximate surface area is 285 Å². The third-order valence-corrected chi connectivity index (χ3v) is 9.91. The van der Waals surface area contributed by atoms with Crippen molar-refractivity contribution < 1.29 is 52.1 Å². The zero-order chi connectivity index (χ0) is 35.4. The van der Waals surface area contributed by atoms with Crippen LogP contribution in [0.4, 0.5) is 10.6 Å². The molecule has 2 fully saturated rings. The maximum absolute atomic E-state index is 13.1. The molecule has 0 saturated carbocycles. The van der Waals surface area contributed by atoms with Crippen LogP contribution in [0, 0.1) is 0 Å². The number of benzene rings is 2. The highest BCUT2D eigenvalue weighted by Gasteiger charge is 2.56. The SMILES string of the molecule is C[C@@H](OP(=O)(O)OC[C@H]1O[C@@H](n2cnc3c(N)ncnc32)[C@@H]2OC(C)(C)O[C@@H]21)[C@H](NC(=O)OCC1c2ccccc2-c2ccccc21)C(=O)O. The summed E-state index contributed by atoms with van der Waals surface area (Å²) >= 11 is 0. The summed E-state index contributed by atoms with van der Waals surface area (Å²) in [6.45, 7) is 4.07. The number of phosphoric ester groups is 1. The van der Waals surface area contributed by atoms with E-state index >= 15 is 0 Å². The van der Waals surface area contributed by atoms with E-state index in [0.717, 1.165) is 22.3 Å². The summed E-state index contributed by atoms with van der Waals surface area (Å²) in [5.41, 5.74) is 10.7. The van der Waals surface area contributed by atoms with Crippen LogP contribution in [0.5, 0.6) is 0 Å². The highest BCUT2D eigenvalue weighted by Crippen LogP contribution is 2.49. The van der Waals surface area contributed by atoms with E-state index in [1.807, 2.05) is 48.5 Å². The number of phosphoric acid groups is 1. The Morgan fingerprint density at radius 1 is 1.04 bits per heavy atom. The van der Waals surface area contributed by atoms with Gasteiger partial charge in [0.15, 0.2) is 29.5 Å². The number of aliphatic carboxylic acids is 1. The van der Waals surface area contributed by atoms with Gasteiger partial charge in [0.1, 0.15) is 36.8 Å². The van der Waals surface area contributed by atoms with Gasteiger partial charge >= 0.3 is 19.9 Å². The fraction of sp³-hybridized carbons (Fsp3) is 0.406. The molecule has 17 nitrogen and oxygen atoms in total. The minimum absolute atomic E-state index is 0.0641. The molecule has 50 heavy (non-hydrogen) atoms. The maximum atomic E-state index is 13.1. The Hall–Kier alpha value is -4.48. The Morgan fingerprint density at radius 2 is 1.70 bits per heavy atom. The highest BCUT2D eigenvalue weighted by atomic mass is 31.2. The molecule has 7 atom stereocenters. The number of anilines is 1. The summed E-state index contributed by atoms with van der Waals surface area (Å²) in [5, 5.41) is 12.1. The number of carboxylic acids is 1. The smallest absolute Gasteiger partial charge is 0.472 e.